The van der Waals surface area contributed by atoms with Crippen molar-refractivity contribution in [1.29, 1.82) is 0 Å². The molecule has 0 nitrogen and oxygen atoms in total. The molecule has 0 aliphatic heterocycles. The summed E-state index contributed by atoms with van der Waals surface area (Å²) in [6.07, 6.45) is 2.17. The maximum Gasteiger partial charge on any atom is -0.00730 e. The lowest BCUT2D eigenvalue weighted by atomic mass is 10.00. The minimum atomic E-state index is 1.08. The molecule has 0 unspecified atom stereocenters. The molecule has 2 rings (SSSR count). The molecule has 0 amide bonds. The summed E-state index contributed by atoms with van der Waals surface area (Å²) in [5, 5.41) is 2.61. The van der Waals surface area contributed by atoms with Gasteiger partial charge in [-0.2, -0.15) is 0 Å². The Kier molecular flexibility index (Phi) is 2.53. The molecule has 1 radical (unpaired) electrons. The van der Waals surface area contributed by atoms with E-state index in [1.807, 2.05) is 0 Å². The Morgan fingerprint density at radius 1 is 1.14 bits per heavy atom. The van der Waals surface area contributed by atoms with Gasteiger partial charge < -0.3 is 0 Å². The molecule has 0 bridgehead atoms. The summed E-state index contributed by atoms with van der Waals surface area (Å²) in [6.45, 7) is 4.37. The third kappa shape index (κ3) is 1.52. The number of aryl methyl sites for hydroxylation is 2. The summed E-state index contributed by atoms with van der Waals surface area (Å²) in [5.41, 5.74) is 2.76. The van der Waals surface area contributed by atoms with E-state index in [0.29, 0.717) is 0 Å². The van der Waals surface area contributed by atoms with Gasteiger partial charge in [0.25, 0.3) is 0 Å². The zero-order chi connectivity index (χ0) is 9.97. The van der Waals surface area contributed by atoms with Gasteiger partial charge in [-0.05, 0) is 40.8 Å². The Morgan fingerprint density at radius 3 is 2.71 bits per heavy atom. The van der Waals surface area contributed by atoms with E-state index in [1.165, 1.54) is 21.9 Å². The first-order valence-corrected chi connectivity index (χ1v) is 5.27. The van der Waals surface area contributed by atoms with E-state index in [2.05, 4.69) is 50.2 Å². The van der Waals surface area contributed by atoms with Gasteiger partial charge in [-0.25, -0.2) is 0 Å². The second-order valence-electron chi connectivity index (χ2n) is 3.60. The Bertz CT molecular complexity index is 441. The van der Waals surface area contributed by atoms with Crippen molar-refractivity contribution < 1.29 is 0 Å². The first-order valence-electron chi connectivity index (χ1n) is 5.27. The predicted molar refractivity (Wildman–Crippen MR) is 61.5 cm³/mol. The van der Waals surface area contributed by atoms with E-state index < -0.39 is 0 Å². The van der Waals surface area contributed by atoms with Crippen LogP contribution in [-0.4, -0.2) is 0 Å². The molecular weight excluding hydrogens is 168 g/mol. The lowest BCUT2D eigenvalue weighted by molar-refractivity contribution is 1.14. The van der Waals surface area contributed by atoms with Gasteiger partial charge in [-0.1, -0.05) is 44.2 Å². The first-order chi connectivity index (χ1) is 6.85. The van der Waals surface area contributed by atoms with Crippen molar-refractivity contribution in [2.24, 2.45) is 0 Å². The van der Waals surface area contributed by atoms with Crippen LogP contribution in [0.3, 0.4) is 0 Å². The van der Waals surface area contributed by atoms with Crippen LogP contribution in [0.5, 0.6) is 0 Å². The van der Waals surface area contributed by atoms with Gasteiger partial charge in [-0.3, -0.25) is 0 Å². The van der Waals surface area contributed by atoms with Crippen LogP contribution < -0.4 is 0 Å². The topological polar surface area (TPSA) is 0 Å². The average Bonchev–Trinajstić information content (AvgIpc) is 2.27. The monoisotopic (exact) mass is 183 g/mol. The zero-order valence-electron chi connectivity index (χ0n) is 8.80. The SMILES string of the molecule is CCc1c[c]c2c(CC)cccc2c1. The highest BCUT2D eigenvalue weighted by Crippen LogP contribution is 2.20. The second kappa shape index (κ2) is 3.83. The van der Waals surface area contributed by atoms with Crippen molar-refractivity contribution in [3.05, 3.63) is 47.5 Å². The third-order valence-electron chi connectivity index (χ3n) is 2.71. The first kappa shape index (κ1) is 9.26. The smallest absolute Gasteiger partial charge is 0.00730 e. The number of benzene rings is 2. The number of hydrogen-bond donors (Lipinski definition) is 0. The fourth-order valence-electron chi connectivity index (χ4n) is 1.82. The van der Waals surface area contributed by atoms with Gasteiger partial charge >= 0.3 is 0 Å². The molecule has 0 aromatic heterocycles. The fourth-order valence-corrected chi connectivity index (χ4v) is 1.82. The molecule has 0 spiro atoms. The Balaban J connectivity index is 2.67. The van der Waals surface area contributed by atoms with Crippen molar-refractivity contribution >= 4 is 10.8 Å². The van der Waals surface area contributed by atoms with Crippen LogP contribution in [0.15, 0.2) is 30.3 Å². The van der Waals surface area contributed by atoms with Crippen molar-refractivity contribution in [2.75, 3.05) is 0 Å². The zero-order valence-corrected chi connectivity index (χ0v) is 8.80. The van der Waals surface area contributed by atoms with E-state index in [0.717, 1.165) is 12.8 Å². The molecule has 14 heavy (non-hydrogen) atoms. The van der Waals surface area contributed by atoms with Gasteiger partial charge in [-0.15, -0.1) is 0 Å². The molecule has 0 aliphatic carbocycles. The lowest BCUT2D eigenvalue weighted by Gasteiger charge is -2.05. The minimum absolute atomic E-state index is 1.08. The van der Waals surface area contributed by atoms with E-state index in [1.54, 1.807) is 0 Å². The summed E-state index contributed by atoms with van der Waals surface area (Å²) < 4.78 is 0. The van der Waals surface area contributed by atoms with Gasteiger partial charge in [0.15, 0.2) is 0 Å². The van der Waals surface area contributed by atoms with Crippen LogP contribution in [0.25, 0.3) is 10.8 Å². The van der Waals surface area contributed by atoms with Gasteiger partial charge in [0.2, 0.25) is 0 Å². The van der Waals surface area contributed by atoms with Crippen molar-refractivity contribution in [2.45, 2.75) is 26.7 Å². The largest absolute Gasteiger partial charge is 0.0614 e. The van der Waals surface area contributed by atoms with Crippen molar-refractivity contribution in [3.63, 3.8) is 0 Å². The predicted octanol–water partition coefficient (Wildman–Crippen LogP) is 3.76. The molecule has 0 N–H and O–H groups in total. The molecule has 0 heterocycles. The molecule has 0 saturated heterocycles. The Labute approximate surface area is 85.6 Å². The van der Waals surface area contributed by atoms with Crippen LogP contribution in [-0.2, 0) is 12.8 Å². The molecule has 0 fully saturated rings. The molecule has 2 aromatic rings. The van der Waals surface area contributed by atoms with E-state index in [4.69, 9.17) is 0 Å². The van der Waals surface area contributed by atoms with Crippen LogP contribution in [0.1, 0.15) is 25.0 Å². The summed E-state index contributed by atoms with van der Waals surface area (Å²) in [5.74, 6) is 0. The third-order valence-corrected chi connectivity index (χ3v) is 2.71. The van der Waals surface area contributed by atoms with Crippen LogP contribution in [0.4, 0.5) is 0 Å². The molecule has 0 aliphatic rings. The summed E-state index contributed by atoms with van der Waals surface area (Å²) in [4.78, 5) is 0. The van der Waals surface area contributed by atoms with Crippen molar-refractivity contribution in [1.82, 2.24) is 0 Å². The Morgan fingerprint density at radius 2 is 2.00 bits per heavy atom. The molecule has 0 saturated carbocycles. The van der Waals surface area contributed by atoms with Gasteiger partial charge in [0.05, 0.1) is 0 Å². The maximum absolute atomic E-state index is 3.39. The summed E-state index contributed by atoms with van der Waals surface area (Å²) >= 11 is 0. The van der Waals surface area contributed by atoms with Gasteiger partial charge in [0.1, 0.15) is 0 Å². The van der Waals surface area contributed by atoms with Crippen molar-refractivity contribution in [3.8, 4) is 0 Å². The summed E-state index contributed by atoms with van der Waals surface area (Å²) in [7, 11) is 0. The van der Waals surface area contributed by atoms with Crippen LogP contribution in [0, 0.1) is 6.07 Å². The normalized spacial score (nSPS) is 10.7. The standard InChI is InChI=1S/C14H15/c1-3-11-8-9-14-12(4-2)6-5-7-13(14)10-11/h5-8,10H,3-4H2,1-2H3. The molecule has 2 aromatic carbocycles. The Hall–Kier alpha value is -1.30. The quantitative estimate of drug-likeness (QED) is 0.665. The van der Waals surface area contributed by atoms with E-state index >= 15 is 0 Å². The van der Waals surface area contributed by atoms with E-state index in [9.17, 15) is 0 Å². The fraction of sp³-hybridized carbons (Fsp3) is 0.286. The number of hydrogen-bond acceptors (Lipinski definition) is 0. The summed E-state index contributed by atoms with van der Waals surface area (Å²) in [6, 6.07) is 14.3. The second-order valence-corrected chi connectivity index (χ2v) is 3.60. The number of rotatable bonds is 2. The maximum atomic E-state index is 3.39. The van der Waals surface area contributed by atoms with Crippen LogP contribution >= 0.6 is 0 Å². The van der Waals surface area contributed by atoms with E-state index in [-0.39, 0.29) is 0 Å². The highest BCUT2D eigenvalue weighted by atomic mass is 14.0. The molecule has 71 valence electrons. The minimum Gasteiger partial charge on any atom is -0.0614 e. The highest BCUT2D eigenvalue weighted by Gasteiger charge is 1.99. The van der Waals surface area contributed by atoms with Gasteiger partial charge in [0, 0.05) is 0 Å². The highest BCUT2D eigenvalue weighted by molar-refractivity contribution is 5.85. The molecular formula is C14H15. The molecule has 0 heteroatoms. The average molecular weight is 183 g/mol. The lowest BCUT2D eigenvalue weighted by Crippen LogP contribution is -1.86. The number of fused-ring (bicyclic) bond motifs is 1. The molecule has 0 atom stereocenters. The van der Waals surface area contributed by atoms with Crippen LogP contribution in [0.2, 0.25) is 0 Å².